The maximum Gasteiger partial charge on any atom is 0.337 e. The summed E-state index contributed by atoms with van der Waals surface area (Å²) >= 11 is 0. The molecule has 0 saturated carbocycles. The van der Waals surface area contributed by atoms with Gasteiger partial charge in [-0.2, -0.15) is 0 Å². The number of nitrogens with zero attached hydrogens (tertiary/aromatic N) is 1. The van der Waals surface area contributed by atoms with Gasteiger partial charge >= 0.3 is 5.97 Å². The van der Waals surface area contributed by atoms with Gasteiger partial charge in [-0.3, -0.25) is 9.78 Å². The zero-order valence-electron chi connectivity index (χ0n) is 9.68. The largest absolute Gasteiger partial charge is 0.478 e. The summed E-state index contributed by atoms with van der Waals surface area (Å²) in [4.78, 5) is 26.1. The molecular weight excluding hydrogens is 222 g/mol. The highest BCUT2D eigenvalue weighted by Gasteiger charge is 2.17. The minimum absolute atomic E-state index is 0.0243. The summed E-state index contributed by atoms with van der Waals surface area (Å²) in [6.45, 7) is 3.44. The number of carbonyl (C=O) groups excluding carboxylic acids is 1. The Balaban J connectivity index is 2.78. The number of rotatable bonds is 4. The summed E-state index contributed by atoms with van der Waals surface area (Å²) in [6, 6.07) is 1.08. The standard InChI is InChI=1S/C11H15N3O3/c1-6(7(2)12)10(15)14-9-3-8(11(16)17)4-13-5-9/h3-7H,12H2,1-2H3,(H,14,15)(H,16,17). The number of hydrogen-bond donors (Lipinski definition) is 3. The molecule has 1 amide bonds. The van der Waals surface area contributed by atoms with Gasteiger partial charge in [0.15, 0.2) is 0 Å². The average molecular weight is 237 g/mol. The number of hydrogen-bond acceptors (Lipinski definition) is 4. The van der Waals surface area contributed by atoms with Crippen molar-refractivity contribution in [2.45, 2.75) is 19.9 Å². The lowest BCUT2D eigenvalue weighted by atomic mass is 10.0. The zero-order valence-corrected chi connectivity index (χ0v) is 9.68. The topological polar surface area (TPSA) is 105 Å². The number of anilines is 1. The number of nitrogens with two attached hydrogens (primary N) is 1. The summed E-state index contributed by atoms with van der Waals surface area (Å²) in [5, 5.41) is 11.3. The maximum atomic E-state index is 11.7. The molecule has 1 aromatic heterocycles. The van der Waals surface area contributed by atoms with E-state index in [0.717, 1.165) is 0 Å². The monoisotopic (exact) mass is 237 g/mol. The van der Waals surface area contributed by atoms with Crippen LogP contribution in [0.2, 0.25) is 0 Å². The van der Waals surface area contributed by atoms with Gasteiger partial charge in [-0.1, -0.05) is 6.92 Å². The van der Waals surface area contributed by atoms with Crippen molar-refractivity contribution < 1.29 is 14.7 Å². The Kier molecular flexibility index (Phi) is 4.17. The molecule has 0 bridgehead atoms. The van der Waals surface area contributed by atoms with Gasteiger partial charge in [0.25, 0.3) is 0 Å². The fraction of sp³-hybridized carbons (Fsp3) is 0.364. The van der Waals surface area contributed by atoms with E-state index in [0.29, 0.717) is 5.69 Å². The fourth-order valence-electron chi connectivity index (χ4n) is 1.12. The molecule has 0 spiro atoms. The number of aromatic carboxylic acids is 1. The molecule has 2 unspecified atom stereocenters. The molecule has 92 valence electrons. The van der Waals surface area contributed by atoms with Crippen LogP contribution < -0.4 is 11.1 Å². The van der Waals surface area contributed by atoms with E-state index in [2.05, 4.69) is 10.3 Å². The molecule has 1 heterocycles. The normalized spacial score (nSPS) is 13.8. The van der Waals surface area contributed by atoms with Crippen molar-refractivity contribution in [2.75, 3.05) is 5.32 Å². The van der Waals surface area contributed by atoms with Crippen LogP contribution in [0.1, 0.15) is 24.2 Å². The van der Waals surface area contributed by atoms with Crippen LogP contribution >= 0.6 is 0 Å². The molecule has 0 aliphatic rings. The van der Waals surface area contributed by atoms with Crippen LogP contribution in [-0.4, -0.2) is 28.0 Å². The highest BCUT2D eigenvalue weighted by Crippen LogP contribution is 2.11. The number of nitrogens with one attached hydrogen (secondary N) is 1. The lowest BCUT2D eigenvalue weighted by Gasteiger charge is -2.15. The van der Waals surface area contributed by atoms with Crippen molar-refractivity contribution in [3.8, 4) is 0 Å². The van der Waals surface area contributed by atoms with E-state index in [4.69, 9.17) is 10.8 Å². The number of carbonyl (C=O) groups is 2. The first-order valence-electron chi connectivity index (χ1n) is 5.16. The number of carboxylic acid groups (broad SMARTS) is 1. The van der Waals surface area contributed by atoms with Gasteiger partial charge in [-0.15, -0.1) is 0 Å². The van der Waals surface area contributed by atoms with Crippen molar-refractivity contribution in [3.63, 3.8) is 0 Å². The van der Waals surface area contributed by atoms with E-state index in [1.54, 1.807) is 13.8 Å². The van der Waals surface area contributed by atoms with Gasteiger partial charge in [0, 0.05) is 12.2 Å². The Labute approximate surface area is 98.8 Å². The molecule has 1 aromatic rings. The van der Waals surface area contributed by atoms with E-state index in [1.165, 1.54) is 18.5 Å². The number of aromatic nitrogens is 1. The lowest BCUT2D eigenvalue weighted by Crippen LogP contribution is -2.34. The van der Waals surface area contributed by atoms with Crippen molar-refractivity contribution in [3.05, 3.63) is 24.0 Å². The predicted molar refractivity (Wildman–Crippen MR) is 62.6 cm³/mol. The Bertz CT molecular complexity index is 432. The van der Waals surface area contributed by atoms with E-state index in [-0.39, 0.29) is 23.4 Å². The van der Waals surface area contributed by atoms with Gasteiger partial charge in [0.2, 0.25) is 5.91 Å². The summed E-state index contributed by atoms with van der Waals surface area (Å²) in [6.07, 6.45) is 2.60. The number of carboxylic acids is 1. The van der Waals surface area contributed by atoms with Gasteiger partial charge < -0.3 is 16.2 Å². The van der Waals surface area contributed by atoms with Gasteiger partial charge in [0.05, 0.1) is 23.4 Å². The van der Waals surface area contributed by atoms with Crippen LogP contribution in [0.4, 0.5) is 5.69 Å². The smallest absolute Gasteiger partial charge is 0.337 e. The summed E-state index contributed by atoms with van der Waals surface area (Å²) in [7, 11) is 0. The predicted octanol–water partition coefficient (Wildman–Crippen LogP) is 0.702. The second-order valence-corrected chi connectivity index (χ2v) is 3.90. The molecule has 0 fully saturated rings. The second-order valence-electron chi connectivity index (χ2n) is 3.90. The molecule has 17 heavy (non-hydrogen) atoms. The highest BCUT2D eigenvalue weighted by molar-refractivity contribution is 5.94. The van der Waals surface area contributed by atoms with Crippen molar-refractivity contribution in [1.82, 2.24) is 4.98 Å². The molecule has 0 saturated heterocycles. The van der Waals surface area contributed by atoms with Crippen LogP contribution in [-0.2, 0) is 4.79 Å². The molecular formula is C11H15N3O3. The number of amides is 1. The SMILES string of the molecule is CC(N)C(C)C(=O)Nc1cncc(C(=O)O)c1. The quantitative estimate of drug-likeness (QED) is 0.714. The van der Waals surface area contributed by atoms with E-state index >= 15 is 0 Å². The van der Waals surface area contributed by atoms with Crippen LogP contribution in [0.25, 0.3) is 0 Å². The fourth-order valence-corrected chi connectivity index (χ4v) is 1.12. The summed E-state index contributed by atoms with van der Waals surface area (Å²) < 4.78 is 0. The van der Waals surface area contributed by atoms with Gasteiger partial charge in [-0.05, 0) is 13.0 Å². The number of pyridine rings is 1. The highest BCUT2D eigenvalue weighted by atomic mass is 16.4. The second kappa shape index (κ2) is 5.40. The van der Waals surface area contributed by atoms with Crippen LogP contribution in [0.15, 0.2) is 18.5 Å². The maximum absolute atomic E-state index is 11.7. The third kappa shape index (κ3) is 3.53. The molecule has 0 aliphatic carbocycles. The minimum Gasteiger partial charge on any atom is -0.478 e. The Morgan fingerprint density at radius 2 is 2.06 bits per heavy atom. The molecule has 4 N–H and O–H groups in total. The van der Waals surface area contributed by atoms with E-state index in [1.807, 2.05) is 0 Å². The van der Waals surface area contributed by atoms with E-state index in [9.17, 15) is 9.59 Å². The molecule has 6 nitrogen and oxygen atoms in total. The van der Waals surface area contributed by atoms with Gasteiger partial charge in [0.1, 0.15) is 0 Å². The third-order valence-electron chi connectivity index (χ3n) is 2.45. The molecule has 0 radical (unpaired) electrons. The van der Waals surface area contributed by atoms with Crippen LogP contribution in [0, 0.1) is 5.92 Å². The van der Waals surface area contributed by atoms with Crippen molar-refractivity contribution >= 4 is 17.6 Å². The average Bonchev–Trinajstić information content (AvgIpc) is 2.28. The third-order valence-corrected chi connectivity index (χ3v) is 2.45. The van der Waals surface area contributed by atoms with Crippen LogP contribution in [0.5, 0.6) is 0 Å². The summed E-state index contributed by atoms with van der Waals surface area (Å²) in [5.74, 6) is -1.71. The molecule has 0 aliphatic heterocycles. The molecule has 2 atom stereocenters. The van der Waals surface area contributed by atoms with Crippen molar-refractivity contribution in [1.29, 1.82) is 0 Å². The minimum atomic E-state index is -1.09. The molecule has 0 aromatic carbocycles. The van der Waals surface area contributed by atoms with Gasteiger partial charge in [-0.25, -0.2) is 4.79 Å². The van der Waals surface area contributed by atoms with E-state index < -0.39 is 5.97 Å². The van der Waals surface area contributed by atoms with Crippen LogP contribution in [0.3, 0.4) is 0 Å². The zero-order chi connectivity index (χ0) is 13.0. The Hall–Kier alpha value is -1.95. The Morgan fingerprint density at radius 3 is 2.59 bits per heavy atom. The first-order chi connectivity index (χ1) is 7.91. The molecule has 6 heteroatoms. The molecule has 1 rings (SSSR count). The summed E-state index contributed by atoms with van der Waals surface area (Å²) in [5.41, 5.74) is 5.97. The first-order valence-corrected chi connectivity index (χ1v) is 5.16. The lowest BCUT2D eigenvalue weighted by molar-refractivity contribution is -0.119. The Morgan fingerprint density at radius 1 is 1.41 bits per heavy atom. The van der Waals surface area contributed by atoms with Crippen molar-refractivity contribution in [2.24, 2.45) is 11.7 Å². The first kappa shape index (κ1) is 13.1.